The molecule has 0 aliphatic heterocycles. The van der Waals surface area contributed by atoms with E-state index >= 15 is 0 Å². The Kier molecular flexibility index (Phi) is 4.78. The third-order valence-corrected chi connectivity index (χ3v) is 4.54. The summed E-state index contributed by atoms with van der Waals surface area (Å²) in [6, 6.07) is 15.3. The molecule has 3 rings (SSSR count). The lowest BCUT2D eigenvalue weighted by molar-refractivity contribution is 0.302. The first-order chi connectivity index (χ1) is 12.0. The summed E-state index contributed by atoms with van der Waals surface area (Å²) in [6.45, 7) is 6.44. The number of hydrogen-bond acceptors (Lipinski definition) is 3. The zero-order chi connectivity index (χ0) is 18.0. The minimum atomic E-state index is 0.422. The first-order valence-electron chi connectivity index (χ1n) is 7.95. The summed E-state index contributed by atoms with van der Waals surface area (Å²) in [4.78, 5) is 0. The van der Waals surface area contributed by atoms with Crippen molar-refractivity contribution in [3.8, 4) is 17.5 Å². The second kappa shape index (κ2) is 7.00. The molecular formula is C20H18ClN3O. The van der Waals surface area contributed by atoms with Gasteiger partial charge in [0.05, 0.1) is 22.0 Å². The van der Waals surface area contributed by atoms with Gasteiger partial charge in [0, 0.05) is 11.3 Å². The summed E-state index contributed by atoms with van der Waals surface area (Å²) < 4.78 is 7.80. The molecule has 25 heavy (non-hydrogen) atoms. The van der Waals surface area contributed by atoms with Gasteiger partial charge >= 0.3 is 0 Å². The van der Waals surface area contributed by atoms with Crippen LogP contribution in [0.3, 0.4) is 0 Å². The SMILES string of the molecule is Cc1ccccc1OCc1c(C)nn(-c2ccc(C#N)c(Cl)c2)c1C. The number of aryl methyl sites for hydroxylation is 2. The Bertz CT molecular complexity index is 970. The Balaban J connectivity index is 1.90. The molecular weight excluding hydrogens is 334 g/mol. The predicted molar refractivity (Wildman–Crippen MR) is 98.3 cm³/mol. The Morgan fingerprint density at radius 1 is 1.16 bits per heavy atom. The molecule has 1 heterocycles. The largest absolute Gasteiger partial charge is 0.488 e. The summed E-state index contributed by atoms with van der Waals surface area (Å²) in [7, 11) is 0. The zero-order valence-corrected chi connectivity index (χ0v) is 15.1. The van der Waals surface area contributed by atoms with E-state index in [0.29, 0.717) is 17.2 Å². The van der Waals surface area contributed by atoms with Crippen LogP contribution in [-0.4, -0.2) is 9.78 Å². The van der Waals surface area contributed by atoms with E-state index in [9.17, 15) is 0 Å². The molecule has 0 spiro atoms. The molecule has 4 nitrogen and oxygen atoms in total. The molecule has 0 bridgehead atoms. The molecule has 1 aromatic heterocycles. The Morgan fingerprint density at radius 3 is 2.60 bits per heavy atom. The van der Waals surface area contributed by atoms with E-state index in [0.717, 1.165) is 34.0 Å². The molecule has 0 amide bonds. The second-order valence-electron chi connectivity index (χ2n) is 5.89. The third-order valence-electron chi connectivity index (χ3n) is 4.22. The molecule has 2 aromatic carbocycles. The fourth-order valence-electron chi connectivity index (χ4n) is 2.73. The van der Waals surface area contributed by atoms with Crippen molar-refractivity contribution in [2.45, 2.75) is 27.4 Å². The van der Waals surface area contributed by atoms with Gasteiger partial charge in [-0.15, -0.1) is 0 Å². The van der Waals surface area contributed by atoms with Crippen LogP contribution in [0.25, 0.3) is 5.69 Å². The smallest absolute Gasteiger partial charge is 0.122 e. The molecule has 0 N–H and O–H groups in total. The number of hydrogen-bond donors (Lipinski definition) is 0. The van der Waals surface area contributed by atoms with Crippen molar-refractivity contribution in [2.75, 3.05) is 0 Å². The summed E-state index contributed by atoms with van der Waals surface area (Å²) in [6.07, 6.45) is 0. The lowest BCUT2D eigenvalue weighted by atomic mass is 10.2. The molecule has 0 unspecified atom stereocenters. The van der Waals surface area contributed by atoms with Gasteiger partial charge in [-0.05, 0) is 50.6 Å². The molecule has 5 heteroatoms. The number of aromatic nitrogens is 2. The van der Waals surface area contributed by atoms with Crippen LogP contribution in [0.5, 0.6) is 5.75 Å². The molecule has 0 aliphatic rings. The number of benzene rings is 2. The fourth-order valence-corrected chi connectivity index (χ4v) is 2.95. The van der Waals surface area contributed by atoms with Crippen LogP contribution in [-0.2, 0) is 6.61 Å². The zero-order valence-electron chi connectivity index (χ0n) is 14.4. The van der Waals surface area contributed by atoms with Crippen molar-refractivity contribution < 1.29 is 4.74 Å². The Morgan fingerprint density at radius 2 is 1.92 bits per heavy atom. The maximum absolute atomic E-state index is 9.01. The van der Waals surface area contributed by atoms with Gasteiger partial charge in [0.2, 0.25) is 0 Å². The molecule has 0 radical (unpaired) electrons. The molecule has 0 aliphatic carbocycles. The third kappa shape index (κ3) is 3.38. The van der Waals surface area contributed by atoms with Crippen molar-refractivity contribution in [2.24, 2.45) is 0 Å². The highest BCUT2D eigenvalue weighted by atomic mass is 35.5. The van der Waals surface area contributed by atoms with Crippen LogP contribution < -0.4 is 4.74 Å². The number of para-hydroxylation sites is 1. The van der Waals surface area contributed by atoms with E-state index in [1.165, 1.54) is 0 Å². The van der Waals surface area contributed by atoms with Gasteiger partial charge in [-0.3, -0.25) is 0 Å². The van der Waals surface area contributed by atoms with Gasteiger partial charge in [0.25, 0.3) is 0 Å². The summed E-state index contributed by atoms with van der Waals surface area (Å²) in [5, 5.41) is 14.0. The highest BCUT2D eigenvalue weighted by molar-refractivity contribution is 6.31. The maximum Gasteiger partial charge on any atom is 0.122 e. The lowest BCUT2D eigenvalue weighted by Gasteiger charge is -2.10. The minimum Gasteiger partial charge on any atom is -0.488 e. The van der Waals surface area contributed by atoms with Crippen LogP contribution in [0.2, 0.25) is 5.02 Å². The maximum atomic E-state index is 9.01. The highest BCUT2D eigenvalue weighted by Crippen LogP contribution is 2.24. The minimum absolute atomic E-state index is 0.422. The van der Waals surface area contributed by atoms with Crippen LogP contribution in [0, 0.1) is 32.1 Å². The molecule has 0 saturated carbocycles. The van der Waals surface area contributed by atoms with Gasteiger partial charge in [-0.2, -0.15) is 10.4 Å². The van der Waals surface area contributed by atoms with E-state index in [1.807, 2.05) is 55.8 Å². The van der Waals surface area contributed by atoms with Gasteiger partial charge in [-0.1, -0.05) is 29.8 Å². The molecule has 0 atom stereocenters. The first-order valence-corrected chi connectivity index (χ1v) is 8.32. The monoisotopic (exact) mass is 351 g/mol. The second-order valence-corrected chi connectivity index (χ2v) is 6.30. The first kappa shape index (κ1) is 17.1. The van der Waals surface area contributed by atoms with Gasteiger partial charge in [0.1, 0.15) is 18.4 Å². The number of halogens is 1. The van der Waals surface area contributed by atoms with Crippen molar-refractivity contribution in [1.29, 1.82) is 5.26 Å². The fraction of sp³-hybridized carbons (Fsp3) is 0.200. The molecule has 0 fully saturated rings. The summed E-state index contributed by atoms with van der Waals surface area (Å²) in [5.74, 6) is 0.871. The highest BCUT2D eigenvalue weighted by Gasteiger charge is 2.14. The Labute approximate surface area is 152 Å². The lowest BCUT2D eigenvalue weighted by Crippen LogP contribution is -2.02. The van der Waals surface area contributed by atoms with Gasteiger partial charge < -0.3 is 4.74 Å². The average molecular weight is 352 g/mol. The number of nitrogens with zero attached hydrogens (tertiary/aromatic N) is 3. The average Bonchev–Trinajstić information content (AvgIpc) is 2.88. The quantitative estimate of drug-likeness (QED) is 0.671. The van der Waals surface area contributed by atoms with Crippen LogP contribution in [0.4, 0.5) is 0 Å². The molecule has 0 saturated heterocycles. The van der Waals surface area contributed by atoms with Crippen molar-refractivity contribution in [3.05, 3.63) is 75.6 Å². The van der Waals surface area contributed by atoms with Crippen LogP contribution in [0.1, 0.15) is 28.1 Å². The van der Waals surface area contributed by atoms with E-state index < -0.39 is 0 Å². The Hall–Kier alpha value is -2.77. The molecule has 3 aromatic rings. The van der Waals surface area contributed by atoms with E-state index in [4.69, 9.17) is 21.6 Å². The summed E-state index contributed by atoms with van der Waals surface area (Å²) in [5.41, 5.74) is 5.33. The normalized spacial score (nSPS) is 10.5. The van der Waals surface area contributed by atoms with E-state index in [1.54, 1.807) is 12.1 Å². The standard InChI is InChI=1S/C20H18ClN3O/c1-13-6-4-5-7-20(13)25-12-18-14(2)23-24(15(18)3)17-9-8-16(11-22)19(21)10-17/h4-10H,12H2,1-3H3. The van der Waals surface area contributed by atoms with E-state index in [-0.39, 0.29) is 0 Å². The van der Waals surface area contributed by atoms with Gasteiger partial charge in [-0.25, -0.2) is 4.68 Å². The topological polar surface area (TPSA) is 50.8 Å². The number of nitriles is 1. The van der Waals surface area contributed by atoms with Gasteiger partial charge in [0.15, 0.2) is 0 Å². The molecule has 126 valence electrons. The van der Waals surface area contributed by atoms with E-state index in [2.05, 4.69) is 11.2 Å². The van der Waals surface area contributed by atoms with Crippen LogP contribution in [0.15, 0.2) is 42.5 Å². The predicted octanol–water partition coefficient (Wildman–Crippen LogP) is 4.90. The van der Waals surface area contributed by atoms with Crippen molar-refractivity contribution >= 4 is 11.6 Å². The summed E-state index contributed by atoms with van der Waals surface area (Å²) >= 11 is 6.15. The number of ether oxygens (including phenoxy) is 1. The van der Waals surface area contributed by atoms with Crippen molar-refractivity contribution in [1.82, 2.24) is 9.78 Å². The number of rotatable bonds is 4. The van der Waals surface area contributed by atoms with Crippen molar-refractivity contribution in [3.63, 3.8) is 0 Å². The van der Waals surface area contributed by atoms with Crippen LogP contribution >= 0.6 is 11.6 Å².